The molecule has 1 fully saturated rings. The molecule has 174 valence electrons. The zero-order valence-electron chi connectivity index (χ0n) is 16.9. The molecule has 0 aromatic heterocycles. The van der Waals surface area contributed by atoms with Gasteiger partial charge in [-0.15, -0.1) is 0 Å². The number of alkyl halides is 4. The van der Waals surface area contributed by atoms with E-state index in [0.29, 0.717) is 11.1 Å². The summed E-state index contributed by atoms with van der Waals surface area (Å²) in [6, 6.07) is 6.98. The van der Waals surface area contributed by atoms with Crippen LogP contribution >= 0.6 is 11.6 Å². The second-order valence-corrected chi connectivity index (χ2v) is 10.2. The SMILES string of the molecule is COc1cc(Cl)ccc1C(=O)NC1CCC(F)(S(=O)(=O)c2cccc(C(F)(F)F)c2)CC1. The van der Waals surface area contributed by atoms with E-state index in [1.807, 2.05) is 0 Å². The summed E-state index contributed by atoms with van der Waals surface area (Å²) in [4.78, 5) is 11.8. The molecule has 2 aromatic rings. The van der Waals surface area contributed by atoms with Crippen LogP contribution in [-0.4, -0.2) is 32.5 Å². The van der Waals surface area contributed by atoms with Gasteiger partial charge in [0.1, 0.15) is 5.75 Å². The van der Waals surface area contributed by atoms with Crippen LogP contribution in [-0.2, 0) is 16.0 Å². The van der Waals surface area contributed by atoms with Crippen molar-refractivity contribution in [1.29, 1.82) is 0 Å². The first kappa shape index (κ1) is 24.3. The molecular formula is C21H20ClF4NO4S. The molecular weight excluding hydrogens is 474 g/mol. The number of carbonyl (C=O) groups excluding carboxylic acids is 1. The Hall–Kier alpha value is -2.33. The number of methoxy groups -OCH3 is 1. The molecule has 1 saturated carbocycles. The zero-order chi connectivity index (χ0) is 23.7. The zero-order valence-corrected chi connectivity index (χ0v) is 18.5. The van der Waals surface area contributed by atoms with E-state index in [0.717, 1.165) is 18.2 Å². The Morgan fingerprint density at radius 1 is 1.16 bits per heavy atom. The number of ether oxygens (including phenoxy) is 1. The number of sulfone groups is 1. The summed E-state index contributed by atoms with van der Waals surface area (Å²) in [6.07, 6.45) is -5.69. The molecule has 0 bridgehead atoms. The van der Waals surface area contributed by atoms with E-state index in [2.05, 4.69) is 5.32 Å². The summed E-state index contributed by atoms with van der Waals surface area (Å²) >= 11 is 5.88. The van der Waals surface area contributed by atoms with Crippen molar-refractivity contribution in [3.05, 3.63) is 58.6 Å². The van der Waals surface area contributed by atoms with Gasteiger partial charge in [-0.3, -0.25) is 4.79 Å². The quantitative estimate of drug-likeness (QED) is 0.583. The number of hydrogen-bond donors (Lipinski definition) is 1. The summed E-state index contributed by atoms with van der Waals surface area (Å²) in [5.41, 5.74) is -0.953. The predicted molar refractivity (Wildman–Crippen MR) is 110 cm³/mol. The van der Waals surface area contributed by atoms with Gasteiger partial charge >= 0.3 is 6.18 Å². The maximum absolute atomic E-state index is 15.4. The number of nitrogens with one attached hydrogen (secondary N) is 1. The minimum absolute atomic E-state index is 0.00363. The topological polar surface area (TPSA) is 72.5 Å². The molecule has 0 heterocycles. The van der Waals surface area contributed by atoms with Gasteiger partial charge in [0.15, 0.2) is 0 Å². The van der Waals surface area contributed by atoms with Crippen LogP contribution in [0.25, 0.3) is 0 Å². The molecule has 0 aliphatic heterocycles. The van der Waals surface area contributed by atoms with Gasteiger partial charge in [-0.2, -0.15) is 13.2 Å². The lowest BCUT2D eigenvalue weighted by Crippen LogP contribution is -2.45. The Labute approximate surface area is 187 Å². The third-order valence-corrected chi connectivity index (χ3v) is 7.91. The summed E-state index contributed by atoms with van der Waals surface area (Å²) in [5, 5.41) is 0.363. The molecule has 11 heteroatoms. The number of amides is 1. The van der Waals surface area contributed by atoms with Crippen LogP contribution in [0.3, 0.4) is 0 Å². The van der Waals surface area contributed by atoms with E-state index in [4.69, 9.17) is 16.3 Å². The molecule has 32 heavy (non-hydrogen) atoms. The predicted octanol–water partition coefficient (Wildman–Crippen LogP) is 5.18. The molecule has 1 N–H and O–H groups in total. The van der Waals surface area contributed by atoms with Crippen molar-refractivity contribution in [3.63, 3.8) is 0 Å². The number of carbonyl (C=O) groups is 1. The summed E-state index contributed by atoms with van der Waals surface area (Å²) in [7, 11) is -3.30. The molecule has 5 nitrogen and oxygen atoms in total. The second-order valence-electron chi connectivity index (χ2n) is 7.50. The highest BCUT2D eigenvalue weighted by atomic mass is 35.5. The molecule has 0 radical (unpaired) electrons. The van der Waals surface area contributed by atoms with Gasteiger partial charge in [-0.1, -0.05) is 17.7 Å². The first-order valence-electron chi connectivity index (χ1n) is 9.62. The fourth-order valence-electron chi connectivity index (χ4n) is 3.63. The maximum Gasteiger partial charge on any atom is 0.416 e. The molecule has 2 aromatic carbocycles. The number of rotatable bonds is 5. The fraction of sp³-hybridized carbons (Fsp3) is 0.381. The van der Waals surface area contributed by atoms with Crippen molar-refractivity contribution in [1.82, 2.24) is 5.32 Å². The Morgan fingerprint density at radius 2 is 1.81 bits per heavy atom. The lowest BCUT2D eigenvalue weighted by Gasteiger charge is -2.34. The molecule has 3 rings (SSSR count). The van der Waals surface area contributed by atoms with Gasteiger partial charge in [0.25, 0.3) is 5.91 Å². The average Bonchev–Trinajstić information content (AvgIpc) is 2.74. The monoisotopic (exact) mass is 493 g/mol. The van der Waals surface area contributed by atoms with Gasteiger partial charge in [0.2, 0.25) is 14.8 Å². The van der Waals surface area contributed by atoms with E-state index >= 15 is 4.39 Å². The number of hydrogen-bond acceptors (Lipinski definition) is 4. The van der Waals surface area contributed by atoms with Gasteiger partial charge in [-0.05, 0) is 62.1 Å². The summed E-state index contributed by atoms with van der Waals surface area (Å²) in [5.74, 6) is -0.242. The maximum atomic E-state index is 15.4. The Morgan fingerprint density at radius 3 is 2.41 bits per heavy atom. The minimum Gasteiger partial charge on any atom is -0.496 e. The highest BCUT2D eigenvalue weighted by Gasteiger charge is 2.48. The molecule has 0 saturated heterocycles. The third-order valence-electron chi connectivity index (χ3n) is 5.43. The molecule has 0 unspecified atom stereocenters. The van der Waals surface area contributed by atoms with Crippen LogP contribution < -0.4 is 10.1 Å². The van der Waals surface area contributed by atoms with Crippen molar-refractivity contribution in [2.24, 2.45) is 0 Å². The lowest BCUT2D eigenvalue weighted by atomic mass is 9.93. The van der Waals surface area contributed by atoms with Gasteiger partial charge < -0.3 is 10.1 Å². The van der Waals surface area contributed by atoms with Gasteiger partial charge in [-0.25, -0.2) is 12.8 Å². The fourth-order valence-corrected chi connectivity index (χ4v) is 5.53. The van der Waals surface area contributed by atoms with Crippen molar-refractivity contribution in [2.45, 2.75) is 47.8 Å². The number of halogens is 5. The van der Waals surface area contributed by atoms with Gasteiger partial charge in [0, 0.05) is 11.1 Å². The highest BCUT2D eigenvalue weighted by molar-refractivity contribution is 7.92. The largest absolute Gasteiger partial charge is 0.496 e. The summed E-state index contributed by atoms with van der Waals surface area (Å²) in [6.45, 7) is 0. The first-order chi connectivity index (χ1) is 14.9. The van der Waals surface area contributed by atoms with Gasteiger partial charge in [0.05, 0.1) is 23.1 Å². The van der Waals surface area contributed by atoms with Crippen molar-refractivity contribution >= 4 is 27.3 Å². The lowest BCUT2D eigenvalue weighted by molar-refractivity contribution is -0.137. The van der Waals surface area contributed by atoms with E-state index in [1.165, 1.54) is 25.3 Å². The standard InChI is InChI=1S/C21H20ClF4NO4S/c1-31-18-12-14(22)5-6-17(18)19(28)27-15-7-9-20(23,10-8-15)32(29,30)16-4-2-3-13(11-16)21(24,25)26/h2-6,11-12,15H,7-10H2,1H3,(H,27,28). The molecule has 1 aliphatic rings. The number of benzene rings is 2. The smallest absolute Gasteiger partial charge is 0.416 e. The molecule has 1 aliphatic carbocycles. The van der Waals surface area contributed by atoms with Crippen LogP contribution in [0.1, 0.15) is 41.6 Å². The normalized spacial score (nSPS) is 21.8. The van der Waals surface area contributed by atoms with Crippen LogP contribution in [0.4, 0.5) is 17.6 Å². The van der Waals surface area contributed by atoms with E-state index in [-0.39, 0.29) is 24.2 Å². The Kier molecular flexibility index (Phi) is 6.76. The van der Waals surface area contributed by atoms with Crippen molar-refractivity contribution < 1.29 is 35.5 Å². The average molecular weight is 494 g/mol. The van der Waals surface area contributed by atoms with Crippen LogP contribution in [0, 0.1) is 0 Å². The second kappa shape index (κ2) is 8.90. The first-order valence-corrected chi connectivity index (χ1v) is 11.5. The van der Waals surface area contributed by atoms with Crippen molar-refractivity contribution in [2.75, 3.05) is 7.11 Å². The Balaban J connectivity index is 1.72. The Bertz CT molecular complexity index is 1110. The van der Waals surface area contributed by atoms with E-state index in [9.17, 15) is 26.4 Å². The van der Waals surface area contributed by atoms with Crippen molar-refractivity contribution in [3.8, 4) is 5.75 Å². The van der Waals surface area contributed by atoms with Crippen LogP contribution in [0.15, 0.2) is 47.4 Å². The minimum atomic E-state index is -4.75. The highest BCUT2D eigenvalue weighted by Crippen LogP contribution is 2.41. The summed E-state index contributed by atoms with van der Waals surface area (Å²) < 4.78 is 85.0. The third kappa shape index (κ3) is 4.85. The molecule has 1 amide bonds. The van der Waals surface area contributed by atoms with E-state index in [1.54, 1.807) is 0 Å². The van der Waals surface area contributed by atoms with Crippen LogP contribution in [0.2, 0.25) is 5.02 Å². The molecule has 0 spiro atoms. The molecule has 0 atom stereocenters. The van der Waals surface area contributed by atoms with Crippen LogP contribution in [0.5, 0.6) is 5.75 Å². The van der Waals surface area contributed by atoms with E-state index < -0.39 is 56.3 Å².